The van der Waals surface area contributed by atoms with Crippen molar-refractivity contribution < 1.29 is 19.4 Å². The monoisotopic (exact) mass is 202 g/mol. The molecule has 0 aromatic carbocycles. The molecule has 0 amide bonds. The molecule has 0 heterocycles. The van der Waals surface area contributed by atoms with E-state index in [1.807, 2.05) is 0 Å². The SMILES string of the molecule is COCCC(C=CC(=O)O)CCOC. The molecule has 0 fully saturated rings. The number of carbonyl (C=O) groups is 1. The van der Waals surface area contributed by atoms with E-state index in [9.17, 15) is 4.79 Å². The van der Waals surface area contributed by atoms with Gasteiger partial charge in [-0.25, -0.2) is 4.79 Å². The number of aliphatic carboxylic acids is 1. The number of rotatable bonds is 8. The molecule has 82 valence electrons. The Morgan fingerprint density at radius 2 is 1.79 bits per heavy atom. The number of carboxylic acid groups (broad SMARTS) is 1. The lowest BCUT2D eigenvalue weighted by Gasteiger charge is -2.10. The molecule has 0 saturated heterocycles. The Morgan fingerprint density at radius 1 is 1.29 bits per heavy atom. The van der Waals surface area contributed by atoms with Crippen LogP contribution in [-0.4, -0.2) is 38.5 Å². The fourth-order valence-electron chi connectivity index (χ4n) is 1.09. The van der Waals surface area contributed by atoms with E-state index < -0.39 is 5.97 Å². The van der Waals surface area contributed by atoms with Crippen molar-refractivity contribution in [2.75, 3.05) is 27.4 Å². The highest BCUT2D eigenvalue weighted by molar-refractivity contribution is 5.79. The second kappa shape index (κ2) is 8.72. The summed E-state index contributed by atoms with van der Waals surface area (Å²) in [6.07, 6.45) is 4.52. The van der Waals surface area contributed by atoms with Crippen molar-refractivity contribution >= 4 is 5.97 Å². The molecular formula is C10H18O4. The predicted octanol–water partition coefficient (Wildman–Crippen LogP) is 1.32. The Labute approximate surface area is 84.5 Å². The van der Waals surface area contributed by atoms with Crippen molar-refractivity contribution in [3.63, 3.8) is 0 Å². The van der Waals surface area contributed by atoms with Crippen LogP contribution >= 0.6 is 0 Å². The summed E-state index contributed by atoms with van der Waals surface area (Å²) in [5.41, 5.74) is 0. The van der Waals surface area contributed by atoms with Crippen LogP contribution in [0.3, 0.4) is 0 Å². The highest BCUT2D eigenvalue weighted by Gasteiger charge is 2.04. The van der Waals surface area contributed by atoms with Crippen molar-refractivity contribution in [3.05, 3.63) is 12.2 Å². The highest BCUT2D eigenvalue weighted by atomic mass is 16.5. The third-order valence-electron chi connectivity index (χ3n) is 1.90. The minimum absolute atomic E-state index is 0.214. The fraction of sp³-hybridized carbons (Fsp3) is 0.700. The first-order valence-corrected chi connectivity index (χ1v) is 4.59. The van der Waals surface area contributed by atoms with Crippen molar-refractivity contribution in [3.8, 4) is 0 Å². The lowest BCUT2D eigenvalue weighted by Crippen LogP contribution is -2.05. The van der Waals surface area contributed by atoms with Gasteiger partial charge in [0.25, 0.3) is 0 Å². The van der Waals surface area contributed by atoms with Crippen molar-refractivity contribution in [1.82, 2.24) is 0 Å². The van der Waals surface area contributed by atoms with Crippen molar-refractivity contribution in [2.24, 2.45) is 5.92 Å². The van der Waals surface area contributed by atoms with Crippen molar-refractivity contribution in [1.29, 1.82) is 0 Å². The molecule has 0 rings (SSSR count). The zero-order valence-corrected chi connectivity index (χ0v) is 8.73. The zero-order valence-electron chi connectivity index (χ0n) is 8.73. The highest BCUT2D eigenvalue weighted by Crippen LogP contribution is 2.10. The van der Waals surface area contributed by atoms with Gasteiger partial charge in [0.15, 0.2) is 0 Å². The van der Waals surface area contributed by atoms with Gasteiger partial charge in [-0.05, 0) is 18.8 Å². The van der Waals surface area contributed by atoms with Gasteiger partial charge in [-0.15, -0.1) is 0 Å². The standard InChI is InChI=1S/C10H18O4/c1-13-7-5-9(6-8-14-2)3-4-10(11)12/h3-4,9H,5-8H2,1-2H3,(H,11,12). The second-order valence-electron chi connectivity index (χ2n) is 3.02. The maximum Gasteiger partial charge on any atom is 0.327 e. The molecule has 4 nitrogen and oxygen atoms in total. The lowest BCUT2D eigenvalue weighted by molar-refractivity contribution is -0.131. The lowest BCUT2D eigenvalue weighted by atomic mass is 10.0. The molecule has 0 bridgehead atoms. The second-order valence-corrected chi connectivity index (χ2v) is 3.02. The Hall–Kier alpha value is -0.870. The third kappa shape index (κ3) is 7.76. The maximum absolute atomic E-state index is 10.3. The van der Waals surface area contributed by atoms with E-state index in [0.717, 1.165) is 12.8 Å². The smallest absolute Gasteiger partial charge is 0.327 e. The summed E-state index contributed by atoms with van der Waals surface area (Å²) < 4.78 is 9.87. The van der Waals surface area contributed by atoms with E-state index in [2.05, 4.69) is 0 Å². The Balaban J connectivity index is 3.89. The average Bonchev–Trinajstić information content (AvgIpc) is 2.16. The Kier molecular flexibility index (Phi) is 8.17. The minimum atomic E-state index is -0.912. The predicted molar refractivity (Wildman–Crippen MR) is 53.3 cm³/mol. The van der Waals surface area contributed by atoms with Gasteiger partial charge in [0.1, 0.15) is 0 Å². The van der Waals surface area contributed by atoms with Crippen LogP contribution in [-0.2, 0) is 14.3 Å². The first-order chi connectivity index (χ1) is 6.70. The summed E-state index contributed by atoms with van der Waals surface area (Å²) in [7, 11) is 3.27. The van der Waals surface area contributed by atoms with Gasteiger partial charge >= 0.3 is 5.97 Å². The topological polar surface area (TPSA) is 55.8 Å². The Bertz CT molecular complexity index is 169. The maximum atomic E-state index is 10.3. The molecule has 0 saturated carbocycles. The summed E-state index contributed by atoms with van der Waals surface area (Å²) in [6, 6.07) is 0. The van der Waals surface area contributed by atoms with Gasteiger partial charge < -0.3 is 14.6 Å². The number of hydrogen-bond acceptors (Lipinski definition) is 3. The molecular weight excluding hydrogens is 184 g/mol. The number of carboxylic acids is 1. The average molecular weight is 202 g/mol. The summed E-state index contributed by atoms with van der Waals surface area (Å²) in [4.78, 5) is 10.3. The van der Waals surface area contributed by atoms with Gasteiger partial charge in [-0.1, -0.05) is 6.08 Å². The van der Waals surface area contributed by atoms with Gasteiger partial charge in [0, 0.05) is 33.5 Å². The molecule has 0 radical (unpaired) electrons. The molecule has 14 heavy (non-hydrogen) atoms. The largest absolute Gasteiger partial charge is 0.478 e. The van der Waals surface area contributed by atoms with Crippen LogP contribution in [0.2, 0.25) is 0 Å². The number of methoxy groups -OCH3 is 2. The third-order valence-corrected chi connectivity index (χ3v) is 1.90. The summed E-state index contributed by atoms with van der Waals surface area (Å²) in [6.45, 7) is 1.27. The molecule has 0 atom stereocenters. The normalized spacial score (nSPS) is 11.4. The first-order valence-electron chi connectivity index (χ1n) is 4.59. The molecule has 0 spiro atoms. The van der Waals surface area contributed by atoms with Crippen LogP contribution in [0.1, 0.15) is 12.8 Å². The number of ether oxygens (including phenoxy) is 2. The van der Waals surface area contributed by atoms with Crippen LogP contribution in [0.15, 0.2) is 12.2 Å². The van der Waals surface area contributed by atoms with E-state index in [1.54, 1.807) is 20.3 Å². The van der Waals surface area contributed by atoms with Gasteiger partial charge in [0.05, 0.1) is 0 Å². The van der Waals surface area contributed by atoms with Crippen LogP contribution in [0, 0.1) is 5.92 Å². The van der Waals surface area contributed by atoms with E-state index >= 15 is 0 Å². The van der Waals surface area contributed by atoms with Crippen LogP contribution in [0.4, 0.5) is 0 Å². The molecule has 1 N–H and O–H groups in total. The number of hydrogen-bond donors (Lipinski definition) is 1. The van der Waals surface area contributed by atoms with E-state index in [0.29, 0.717) is 13.2 Å². The minimum Gasteiger partial charge on any atom is -0.478 e. The zero-order chi connectivity index (χ0) is 10.8. The summed E-state index contributed by atoms with van der Waals surface area (Å²) in [5.74, 6) is -0.698. The first kappa shape index (κ1) is 13.1. The van der Waals surface area contributed by atoms with E-state index in [4.69, 9.17) is 14.6 Å². The summed E-state index contributed by atoms with van der Waals surface area (Å²) in [5, 5.41) is 8.46. The molecule has 0 aliphatic rings. The molecule has 4 heteroatoms. The molecule has 0 aromatic rings. The van der Waals surface area contributed by atoms with Gasteiger partial charge in [-0.2, -0.15) is 0 Å². The van der Waals surface area contributed by atoms with Gasteiger partial charge in [-0.3, -0.25) is 0 Å². The molecule has 0 aromatic heterocycles. The Morgan fingerprint density at radius 3 is 2.14 bits per heavy atom. The van der Waals surface area contributed by atoms with Crippen molar-refractivity contribution in [2.45, 2.75) is 12.8 Å². The van der Waals surface area contributed by atoms with Crippen LogP contribution in [0.5, 0.6) is 0 Å². The fourth-order valence-corrected chi connectivity index (χ4v) is 1.09. The molecule has 0 unspecified atom stereocenters. The van der Waals surface area contributed by atoms with E-state index in [-0.39, 0.29) is 5.92 Å². The summed E-state index contributed by atoms with van der Waals surface area (Å²) >= 11 is 0. The number of allylic oxidation sites excluding steroid dienone is 1. The van der Waals surface area contributed by atoms with Crippen LogP contribution < -0.4 is 0 Å². The quantitative estimate of drug-likeness (QED) is 0.603. The van der Waals surface area contributed by atoms with E-state index in [1.165, 1.54) is 6.08 Å². The molecule has 0 aliphatic heterocycles. The van der Waals surface area contributed by atoms with Gasteiger partial charge in [0.2, 0.25) is 0 Å². The molecule has 0 aliphatic carbocycles. The van der Waals surface area contributed by atoms with Crippen LogP contribution in [0.25, 0.3) is 0 Å².